The summed E-state index contributed by atoms with van der Waals surface area (Å²) < 4.78 is 17.4. The molecule has 32 heavy (non-hydrogen) atoms. The van der Waals surface area contributed by atoms with Crippen LogP contribution in [0.1, 0.15) is 11.3 Å². The summed E-state index contributed by atoms with van der Waals surface area (Å²) >= 11 is 1.23. The van der Waals surface area contributed by atoms with Crippen LogP contribution in [0.4, 0.5) is 4.39 Å². The Labute approximate surface area is 186 Å². The molecule has 3 heterocycles. The second-order valence-electron chi connectivity index (χ2n) is 7.31. The van der Waals surface area contributed by atoms with Crippen LogP contribution in [0.25, 0.3) is 22.2 Å². The Morgan fingerprint density at radius 3 is 2.59 bits per heavy atom. The molecular formula is C24H17FN4O2S. The fourth-order valence-corrected chi connectivity index (χ4v) is 4.42. The summed E-state index contributed by atoms with van der Waals surface area (Å²) in [5, 5.41) is 0.725. The van der Waals surface area contributed by atoms with Crippen LogP contribution < -0.4 is 11.1 Å². The maximum absolute atomic E-state index is 14.6. The Morgan fingerprint density at radius 2 is 1.75 bits per heavy atom. The van der Waals surface area contributed by atoms with Crippen molar-refractivity contribution in [3.8, 4) is 5.69 Å². The number of aromatic nitrogens is 4. The van der Waals surface area contributed by atoms with Gasteiger partial charge in [0.1, 0.15) is 11.5 Å². The van der Waals surface area contributed by atoms with Crippen molar-refractivity contribution in [2.45, 2.75) is 17.8 Å². The highest BCUT2D eigenvalue weighted by Gasteiger charge is 2.16. The number of para-hydroxylation sites is 2. The normalized spacial score (nSPS) is 11.3. The summed E-state index contributed by atoms with van der Waals surface area (Å²) in [6, 6.07) is 18.2. The number of halogens is 1. The molecule has 0 N–H and O–H groups in total. The van der Waals surface area contributed by atoms with E-state index in [0.717, 1.165) is 5.56 Å². The molecule has 158 valence electrons. The lowest BCUT2D eigenvalue weighted by molar-refractivity contribution is 0.608. The smallest absolute Gasteiger partial charge is 0.266 e. The molecule has 6 nitrogen and oxygen atoms in total. The molecule has 2 aromatic carbocycles. The molecule has 0 bridgehead atoms. The molecular weight excluding hydrogens is 427 g/mol. The molecule has 0 saturated carbocycles. The summed E-state index contributed by atoms with van der Waals surface area (Å²) in [5.41, 5.74) is 2.19. The van der Waals surface area contributed by atoms with Gasteiger partial charge in [-0.25, -0.2) is 14.4 Å². The third kappa shape index (κ3) is 3.58. The number of nitrogens with zero attached hydrogens (tertiary/aromatic N) is 4. The number of pyridine rings is 1. The van der Waals surface area contributed by atoms with Crippen molar-refractivity contribution in [2.24, 2.45) is 0 Å². The van der Waals surface area contributed by atoms with E-state index in [1.807, 2.05) is 19.1 Å². The van der Waals surface area contributed by atoms with E-state index in [0.29, 0.717) is 33.2 Å². The highest BCUT2D eigenvalue weighted by Crippen LogP contribution is 2.25. The standard InChI is InChI=1S/C24H17FN4O2S/c1-15-10-11-28-21(12-15)26-16(13-22(28)30)14-32-24-27-19-8-4-2-6-17(19)23(31)29(24)20-9-5-3-7-18(20)25/h2-13H,14H2,1H3. The van der Waals surface area contributed by atoms with Gasteiger partial charge in [0.05, 0.1) is 22.3 Å². The largest absolute Gasteiger partial charge is 0.269 e. The number of aryl methyl sites for hydroxylation is 1. The zero-order valence-electron chi connectivity index (χ0n) is 17.0. The molecule has 0 aliphatic heterocycles. The van der Waals surface area contributed by atoms with E-state index in [1.54, 1.807) is 48.7 Å². The highest BCUT2D eigenvalue weighted by molar-refractivity contribution is 7.98. The van der Waals surface area contributed by atoms with Crippen molar-refractivity contribution >= 4 is 28.3 Å². The van der Waals surface area contributed by atoms with Crippen LogP contribution in [0.15, 0.2) is 87.7 Å². The molecule has 5 rings (SSSR count). The minimum absolute atomic E-state index is 0.125. The first-order chi connectivity index (χ1) is 15.5. The second-order valence-corrected chi connectivity index (χ2v) is 8.25. The van der Waals surface area contributed by atoms with Crippen LogP contribution in [0.5, 0.6) is 0 Å². The monoisotopic (exact) mass is 444 g/mol. The number of fused-ring (bicyclic) bond motifs is 2. The summed E-state index contributed by atoms with van der Waals surface area (Å²) in [6.07, 6.45) is 1.69. The predicted octanol–water partition coefficient (Wildman–Crippen LogP) is 4.13. The first kappa shape index (κ1) is 20.1. The molecule has 0 amide bonds. The molecule has 3 aromatic heterocycles. The lowest BCUT2D eigenvalue weighted by atomic mass is 10.2. The average molecular weight is 444 g/mol. The van der Waals surface area contributed by atoms with E-state index in [2.05, 4.69) is 9.97 Å². The Kier molecular flexibility index (Phi) is 5.07. The first-order valence-corrected chi connectivity index (χ1v) is 10.9. The summed E-state index contributed by atoms with van der Waals surface area (Å²) in [6.45, 7) is 1.93. The lowest BCUT2D eigenvalue weighted by Crippen LogP contribution is -2.22. The Hall–Kier alpha value is -3.78. The van der Waals surface area contributed by atoms with Gasteiger partial charge in [-0.15, -0.1) is 0 Å². The fraction of sp³-hybridized carbons (Fsp3) is 0.0833. The molecule has 8 heteroatoms. The topological polar surface area (TPSA) is 69.3 Å². The Balaban J connectivity index is 1.62. The molecule has 0 radical (unpaired) electrons. The quantitative estimate of drug-likeness (QED) is 0.308. The molecule has 5 aromatic rings. The molecule has 0 aliphatic carbocycles. The number of benzene rings is 2. The molecule has 0 spiro atoms. The van der Waals surface area contributed by atoms with Gasteiger partial charge in [-0.3, -0.25) is 18.6 Å². The first-order valence-electron chi connectivity index (χ1n) is 9.90. The van der Waals surface area contributed by atoms with E-state index in [4.69, 9.17) is 0 Å². The van der Waals surface area contributed by atoms with Crippen molar-refractivity contribution in [1.29, 1.82) is 0 Å². The SMILES string of the molecule is Cc1ccn2c(=O)cc(CSc3nc4ccccc4c(=O)n3-c3ccccc3F)nc2c1. The van der Waals surface area contributed by atoms with Crippen LogP contribution in [0.3, 0.4) is 0 Å². The van der Waals surface area contributed by atoms with E-state index in [1.165, 1.54) is 32.9 Å². The Bertz CT molecular complexity index is 1610. The zero-order valence-corrected chi connectivity index (χ0v) is 17.8. The Morgan fingerprint density at radius 1 is 0.969 bits per heavy atom. The lowest BCUT2D eigenvalue weighted by Gasteiger charge is -2.14. The van der Waals surface area contributed by atoms with Crippen LogP contribution in [-0.2, 0) is 5.75 Å². The van der Waals surface area contributed by atoms with Crippen molar-refractivity contribution in [3.63, 3.8) is 0 Å². The molecule has 0 fully saturated rings. The van der Waals surface area contributed by atoms with Gasteiger partial charge in [0, 0.05) is 18.0 Å². The third-order valence-electron chi connectivity index (χ3n) is 5.06. The van der Waals surface area contributed by atoms with Crippen molar-refractivity contribution in [1.82, 2.24) is 18.9 Å². The van der Waals surface area contributed by atoms with Gasteiger partial charge in [0.15, 0.2) is 5.16 Å². The number of hydrogen-bond donors (Lipinski definition) is 0. The van der Waals surface area contributed by atoms with Crippen molar-refractivity contribution < 1.29 is 4.39 Å². The third-order valence-corrected chi connectivity index (χ3v) is 6.04. The van der Waals surface area contributed by atoms with Gasteiger partial charge in [-0.2, -0.15) is 0 Å². The predicted molar refractivity (Wildman–Crippen MR) is 123 cm³/mol. The van der Waals surface area contributed by atoms with E-state index < -0.39 is 5.82 Å². The summed E-state index contributed by atoms with van der Waals surface area (Å²) in [5.74, 6) is -0.232. The van der Waals surface area contributed by atoms with E-state index >= 15 is 0 Å². The maximum atomic E-state index is 14.6. The minimum Gasteiger partial charge on any atom is -0.269 e. The van der Waals surface area contributed by atoms with Gasteiger partial charge in [-0.05, 0) is 48.9 Å². The van der Waals surface area contributed by atoms with Gasteiger partial charge >= 0.3 is 0 Å². The number of hydrogen-bond acceptors (Lipinski definition) is 5. The van der Waals surface area contributed by atoms with E-state index in [9.17, 15) is 14.0 Å². The van der Waals surface area contributed by atoms with Crippen LogP contribution in [0.2, 0.25) is 0 Å². The van der Waals surface area contributed by atoms with Crippen LogP contribution in [-0.4, -0.2) is 18.9 Å². The minimum atomic E-state index is -0.522. The molecule has 0 unspecified atom stereocenters. The van der Waals surface area contributed by atoms with E-state index in [-0.39, 0.29) is 16.8 Å². The number of thioether (sulfide) groups is 1. The van der Waals surface area contributed by atoms with Crippen LogP contribution >= 0.6 is 11.8 Å². The van der Waals surface area contributed by atoms with Gasteiger partial charge in [0.25, 0.3) is 11.1 Å². The van der Waals surface area contributed by atoms with Gasteiger partial charge in [-0.1, -0.05) is 36.0 Å². The molecule has 0 saturated heterocycles. The summed E-state index contributed by atoms with van der Waals surface area (Å²) in [7, 11) is 0. The van der Waals surface area contributed by atoms with Crippen molar-refractivity contribution in [2.75, 3.05) is 0 Å². The van der Waals surface area contributed by atoms with Gasteiger partial charge in [0.2, 0.25) is 0 Å². The highest BCUT2D eigenvalue weighted by atomic mass is 32.2. The second kappa shape index (κ2) is 8.05. The molecule has 0 atom stereocenters. The van der Waals surface area contributed by atoms with Gasteiger partial charge < -0.3 is 0 Å². The maximum Gasteiger partial charge on any atom is 0.266 e. The van der Waals surface area contributed by atoms with Crippen LogP contribution in [0, 0.1) is 12.7 Å². The zero-order chi connectivity index (χ0) is 22.2. The molecule has 0 aliphatic rings. The van der Waals surface area contributed by atoms with Crippen molar-refractivity contribution in [3.05, 3.63) is 111 Å². The average Bonchev–Trinajstić information content (AvgIpc) is 2.78. The summed E-state index contributed by atoms with van der Waals surface area (Å²) in [4.78, 5) is 34.9. The fourth-order valence-electron chi connectivity index (χ4n) is 3.52. The number of rotatable bonds is 4.